The maximum absolute atomic E-state index is 10.9. The van der Waals surface area contributed by atoms with Crippen molar-refractivity contribution in [1.82, 2.24) is 0 Å². The highest BCUT2D eigenvalue weighted by Gasteiger charge is 2.12. The Balaban J connectivity index is 2.88. The van der Waals surface area contributed by atoms with Crippen LogP contribution >= 0.6 is 0 Å². The summed E-state index contributed by atoms with van der Waals surface area (Å²) in [5, 5.41) is 18.1. The Morgan fingerprint density at radius 2 is 2.07 bits per heavy atom. The SMILES string of the molecule is COC(=O)N(O)c1ccc(C#N)cc1. The maximum Gasteiger partial charge on any atom is 0.438 e. The van der Waals surface area contributed by atoms with Gasteiger partial charge in [-0.1, -0.05) is 0 Å². The molecule has 0 aliphatic rings. The monoisotopic (exact) mass is 192 g/mol. The fraction of sp³-hybridized carbons (Fsp3) is 0.111. The Morgan fingerprint density at radius 1 is 1.50 bits per heavy atom. The van der Waals surface area contributed by atoms with E-state index in [1.54, 1.807) is 0 Å². The standard InChI is InChI=1S/C9H8N2O3/c1-14-9(12)11(13)8-4-2-7(6-10)3-5-8/h2-5,13H,1H3. The maximum atomic E-state index is 10.9. The third-order valence-electron chi connectivity index (χ3n) is 1.59. The van der Waals surface area contributed by atoms with E-state index in [1.807, 2.05) is 6.07 Å². The van der Waals surface area contributed by atoms with Gasteiger partial charge in [-0.3, -0.25) is 5.21 Å². The van der Waals surface area contributed by atoms with Crippen LogP contribution in [0.25, 0.3) is 0 Å². The van der Waals surface area contributed by atoms with Crippen molar-refractivity contribution in [2.45, 2.75) is 0 Å². The Hall–Kier alpha value is -2.06. The van der Waals surface area contributed by atoms with Crippen molar-refractivity contribution in [2.24, 2.45) is 0 Å². The van der Waals surface area contributed by atoms with Crippen LogP contribution in [-0.4, -0.2) is 18.4 Å². The average Bonchev–Trinajstić information content (AvgIpc) is 2.27. The third-order valence-corrected chi connectivity index (χ3v) is 1.59. The lowest BCUT2D eigenvalue weighted by Gasteiger charge is -2.12. The first-order valence-corrected chi connectivity index (χ1v) is 3.76. The molecule has 0 saturated heterocycles. The minimum atomic E-state index is -0.880. The normalized spacial score (nSPS) is 8.93. The van der Waals surface area contributed by atoms with E-state index >= 15 is 0 Å². The van der Waals surface area contributed by atoms with Gasteiger partial charge in [0.25, 0.3) is 0 Å². The van der Waals surface area contributed by atoms with Crippen LogP contribution < -0.4 is 5.06 Å². The Bertz CT molecular complexity index is 367. The summed E-state index contributed by atoms with van der Waals surface area (Å²) in [6.45, 7) is 0. The number of anilines is 1. The molecule has 0 atom stereocenters. The zero-order chi connectivity index (χ0) is 10.6. The summed E-state index contributed by atoms with van der Waals surface area (Å²) in [6, 6.07) is 7.78. The van der Waals surface area contributed by atoms with Gasteiger partial charge in [-0.2, -0.15) is 10.3 Å². The summed E-state index contributed by atoms with van der Waals surface area (Å²) in [5.41, 5.74) is 0.697. The number of hydrogen-bond donors (Lipinski definition) is 1. The van der Waals surface area contributed by atoms with Crippen LogP contribution in [0, 0.1) is 11.3 Å². The van der Waals surface area contributed by atoms with Gasteiger partial charge in [0.15, 0.2) is 0 Å². The Kier molecular flexibility index (Phi) is 3.05. The largest absolute Gasteiger partial charge is 0.451 e. The van der Waals surface area contributed by atoms with Crippen LogP contribution in [0.5, 0.6) is 0 Å². The number of amides is 1. The van der Waals surface area contributed by atoms with E-state index in [0.717, 1.165) is 7.11 Å². The molecular weight excluding hydrogens is 184 g/mol. The number of methoxy groups -OCH3 is 1. The fourth-order valence-electron chi connectivity index (χ4n) is 0.869. The number of hydroxylamine groups is 1. The van der Waals surface area contributed by atoms with E-state index in [-0.39, 0.29) is 5.69 Å². The Morgan fingerprint density at radius 3 is 2.50 bits per heavy atom. The first kappa shape index (κ1) is 10.0. The quantitative estimate of drug-likeness (QED) is 0.540. The molecule has 0 unspecified atom stereocenters. The van der Waals surface area contributed by atoms with E-state index in [1.165, 1.54) is 24.3 Å². The summed E-state index contributed by atoms with van der Waals surface area (Å²) < 4.78 is 4.29. The molecule has 0 saturated carbocycles. The molecule has 0 aliphatic carbocycles. The van der Waals surface area contributed by atoms with Crippen LogP contribution in [0.2, 0.25) is 0 Å². The van der Waals surface area contributed by atoms with Crippen molar-refractivity contribution in [3.63, 3.8) is 0 Å². The molecule has 72 valence electrons. The van der Waals surface area contributed by atoms with Gasteiger partial charge in [0.1, 0.15) is 0 Å². The second kappa shape index (κ2) is 4.25. The molecule has 1 rings (SSSR count). The molecular formula is C9H8N2O3. The second-order valence-corrected chi connectivity index (χ2v) is 2.44. The molecule has 1 N–H and O–H groups in total. The van der Waals surface area contributed by atoms with Gasteiger partial charge in [0.05, 0.1) is 24.4 Å². The number of carbonyl (C=O) groups is 1. The minimum absolute atomic E-state index is 0.246. The number of nitriles is 1. The van der Waals surface area contributed by atoms with Crippen LogP contribution in [0.3, 0.4) is 0 Å². The van der Waals surface area contributed by atoms with Crippen LogP contribution in [0.4, 0.5) is 10.5 Å². The van der Waals surface area contributed by atoms with Gasteiger partial charge in [0.2, 0.25) is 0 Å². The molecule has 0 aliphatic heterocycles. The van der Waals surface area contributed by atoms with Gasteiger partial charge < -0.3 is 4.74 Å². The summed E-state index contributed by atoms with van der Waals surface area (Å²) in [4.78, 5) is 10.9. The van der Waals surface area contributed by atoms with Gasteiger partial charge >= 0.3 is 6.09 Å². The second-order valence-electron chi connectivity index (χ2n) is 2.44. The molecule has 0 fully saturated rings. The summed E-state index contributed by atoms with van der Waals surface area (Å²) >= 11 is 0. The fourth-order valence-corrected chi connectivity index (χ4v) is 0.869. The minimum Gasteiger partial charge on any atom is -0.451 e. The molecule has 0 radical (unpaired) electrons. The first-order valence-electron chi connectivity index (χ1n) is 3.76. The number of hydrogen-bond acceptors (Lipinski definition) is 4. The molecule has 1 aromatic carbocycles. The summed E-state index contributed by atoms with van der Waals surface area (Å²) in [7, 11) is 1.16. The molecule has 1 amide bonds. The van der Waals surface area contributed by atoms with Crippen molar-refractivity contribution in [1.29, 1.82) is 5.26 Å². The lowest BCUT2D eigenvalue weighted by molar-refractivity contribution is 0.141. The molecule has 0 bridgehead atoms. The molecule has 0 heterocycles. The van der Waals surface area contributed by atoms with Crippen LogP contribution in [0.15, 0.2) is 24.3 Å². The van der Waals surface area contributed by atoms with Gasteiger partial charge in [0, 0.05) is 0 Å². The van der Waals surface area contributed by atoms with Crippen molar-refractivity contribution >= 4 is 11.8 Å². The van der Waals surface area contributed by atoms with Crippen molar-refractivity contribution in [2.75, 3.05) is 12.2 Å². The smallest absolute Gasteiger partial charge is 0.438 e. The highest BCUT2D eigenvalue weighted by atomic mass is 16.6. The van der Waals surface area contributed by atoms with E-state index in [9.17, 15) is 10.0 Å². The lowest BCUT2D eigenvalue weighted by atomic mass is 10.2. The topological polar surface area (TPSA) is 73.6 Å². The first-order chi connectivity index (χ1) is 6.69. The number of benzene rings is 1. The molecule has 5 nitrogen and oxygen atoms in total. The number of nitrogens with zero attached hydrogens (tertiary/aromatic N) is 2. The van der Waals surface area contributed by atoms with Gasteiger partial charge in [-0.15, -0.1) is 0 Å². The third kappa shape index (κ3) is 2.00. The number of ether oxygens (including phenoxy) is 1. The highest BCUT2D eigenvalue weighted by Crippen LogP contribution is 2.13. The van der Waals surface area contributed by atoms with Gasteiger partial charge in [-0.25, -0.2) is 4.79 Å². The average molecular weight is 192 g/mol. The zero-order valence-corrected chi connectivity index (χ0v) is 7.47. The predicted octanol–water partition coefficient (Wildman–Crippen LogP) is 1.52. The molecule has 14 heavy (non-hydrogen) atoms. The molecule has 1 aromatic rings. The highest BCUT2D eigenvalue weighted by molar-refractivity contribution is 5.84. The Labute approximate surface area is 80.7 Å². The molecule has 0 aromatic heterocycles. The number of rotatable bonds is 1. The number of carbonyl (C=O) groups excluding carboxylic acids is 1. The predicted molar refractivity (Wildman–Crippen MR) is 47.8 cm³/mol. The van der Waals surface area contributed by atoms with E-state index in [2.05, 4.69) is 4.74 Å². The van der Waals surface area contributed by atoms with Crippen molar-refractivity contribution in [3.8, 4) is 6.07 Å². The van der Waals surface area contributed by atoms with Crippen molar-refractivity contribution in [3.05, 3.63) is 29.8 Å². The lowest BCUT2D eigenvalue weighted by Crippen LogP contribution is -2.26. The van der Waals surface area contributed by atoms with E-state index in [0.29, 0.717) is 10.6 Å². The van der Waals surface area contributed by atoms with Crippen molar-refractivity contribution < 1.29 is 14.7 Å². The summed E-state index contributed by atoms with van der Waals surface area (Å²) in [5.74, 6) is 0. The molecule has 0 spiro atoms. The van der Waals surface area contributed by atoms with Crippen LogP contribution in [0.1, 0.15) is 5.56 Å². The van der Waals surface area contributed by atoms with Gasteiger partial charge in [-0.05, 0) is 24.3 Å². The molecule has 5 heteroatoms. The van der Waals surface area contributed by atoms with Crippen LogP contribution in [-0.2, 0) is 4.74 Å². The van der Waals surface area contributed by atoms with E-state index < -0.39 is 6.09 Å². The van der Waals surface area contributed by atoms with E-state index in [4.69, 9.17) is 5.26 Å². The summed E-state index contributed by atoms with van der Waals surface area (Å²) in [6.07, 6.45) is -0.880. The zero-order valence-electron chi connectivity index (χ0n) is 7.47.